The molecule has 0 radical (unpaired) electrons. The molecule has 1 aromatic carbocycles. The van der Waals surface area contributed by atoms with Gasteiger partial charge in [-0.25, -0.2) is 4.39 Å². The first-order valence-corrected chi connectivity index (χ1v) is 5.53. The first-order valence-electron chi connectivity index (χ1n) is 4.74. The van der Waals surface area contributed by atoms with Crippen molar-refractivity contribution in [3.05, 3.63) is 34.6 Å². The Kier molecular flexibility index (Phi) is 19.9. The van der Waals surface area contributed by atoms with E-state index in [2.05, 4.69) is 22.0 Å². The third kappa shape index (κ3) is 93.7. The average molecular weight is 474 g/mol. The maximum absolute atomic E-state index is 12.1. The van der Waals surface area contributed by atoms with Crippen LogP contribution in [0.5, 0.6) is 0 Å². The van der Waals surface area contributed by atoms with Crippen LogP contribution in [-0.2, 0) is 0 Å². The van der Waals surface area contributed by atoms with E-state index in [0.29, 0.717) is 4.47 Å². The fraction of sp³-hybridized carbons (Fsp3) is 0. The van der Waals surface area contributed by atoms with Crippen LogP contribution in [0.25, 0.3) is 0 Å². The fourth-order valence-corrected chi connectivity index (χ4v) is 0.756. The van der Waals surface area contributed by atoms with Gasteiger partial charge in [0.25, 0.3) is 0 Å². The molecule has 0 aliphatic rings. The van der Waals surface area contributed by atoms with Crippen molar-refractivity contribution in [2.45, 2.75) is 0 Å². The van der Waals surface area contributed by atoms with Crippen LogP contribution in [0.3, 0.4) is 0 Å². The van der Waals surface area contributed by atoms with Gasteiger partial charge in [0.15, 0.2) is 0 Å². The van der Waals surface area contributed by atoms with Crippen LogP contribution in [0.2, 0.25) is 0 Å². The predicted molar refractivity (Wildman–Crippen MR) is 63.5 cm³/mol. The summed E-state index contributed by atoms with van der Waals surface area (Å²) < 4.78 is 130. The Hall–Kier alpha value is 0.621. The fourth-order valence-electron chi connectivity index (χ4n) is 0.414. The largest absolute Gasteiger partial charge is 1.00 e. The van der Waals surface area contributed by atoms with Gasteiger partial charge in [0, 0.05) is 5.82 Å². The second-order valence-electron chi connectivity index (χ2n) is 2.83. The second-order valence-corrected chi connectivity index (χ2v) is 3.69. The maximum Gasteiger partial charge on any atom is 1.00 e. The molecule has 0 saturated carbocycles. The zero-order valence-electron chi connectivity index (χ0n) is 11.3. The molecule has 0 bridgehead atoms. The summed E-state index contributed by atoms with van der Waals surface area (Å²) in [7, 11) is -18.0. The minimum Gasteiger partial charge on any atom is -0.418 e. The van der Waals surface area contributed by atoms with E-state index in [0.717, 1.165) is 0 Å². The van der Waals surface area contributed by atoms with Crippen LogP contribution in [0, 0.1) is 11.9 Å². The SMILES string of the molecule is F[B-](F)(F)F.F[B-](F)(F)F.F[B-](F)(F)F.Fc1[c-]c(Br)ccc1.[K+]. The number of hydrogen-bond donors (Lipinski definition) is 0. The Morgan fingerprint density at radius 1 is 0.667 bits per heavy atom. The third-order valence-electron chi connectivity index (χ3n) is 0.724. The van der Waals surface area contributed by atoms with Crippen molar-refractivity contribution in [3.8, 4) is 0 Å². The quantitative estimate of drug-likeness (QED) is 0.308. The van der Waals surface area contributed by atoms with Crippen LogP contribution in [0.4, 0.5) is 56.2 Å². The Balaban J connectivity index is -0.000000113. The number of benzene rings is 1. The molecule has 24 heavy (non-hydrogen) atoms. The van der Waals surface area contributed by atoms with Gasteiger partial charge >= 0.3 is 73.1 Å². The van der Waals surface area contributed by atoms with Gasteiger partial charge in [-0.15, -0.1) is 12.1 Å². The molecular weight excluding hydrogens is 470 g/mol. The monoisotopic (exact) mass is 473 g/mol. The van der Waals surface area contributed by atoms with Crippen molar-refractivity contribution >= 4 is 37.7 Å². The summed E-state index contributed by atoms with van der Waals surface area (Å²) in [4.78, 5) is 0. The number of rotatable bonds is 0. The summed E-state index contributed by atoms with van der Waals surface area (Å²) in [6.07, 6.45) is 0. The van der Waals surface area contributed by atoms with E-state index in [1.54, 1.807) is 12.1 Å². The van der Waals surface area contributed by atoms with Gasteiger partial charge in [-0.3, -0.25) is 0 Å². The van der Waals surface area contributed by atoms with Crippen LogP contribution in [-0.4, -0.2) is 21.8 Å². The molecule has 0 heterocycles. The van der Waals surface area contributed by atoms with E-state index in [-0.39, 0.29) is 57.2 Å². The van der Waals surface area contributed by atoms with Crippen molar-refractivity contribution < 1.29 is 108 Å². The molecule has 0 fully saturated rings. The standard InChI is InChI=1S/C6H3BrF.3BF4.K/c7-5-2-1-3-6(8)4-5;3*2-1(3,4)5;/h1-3H;;;;/q4*-1;+1. The number of hydrogen-bond acceptors (Lipinski definition) is 0. The first-order chi connectivity index (χ1) is 9.79. The van der Waals surface area contributed by atoms with Gasteiger partial charge in [0.2, 0.25) is 0 Å². The Bertz CT molecular complexity index is 356. The van der Waals surface area contributed by atoms with Gasteiger partial charge in [-0.05, 0) is 0 Å². The number of halogens is 14. The molecule has 0 aliphatic heterocycles. The summed E-state index contributed by atoms with van der Waals surface area (Å²) in [6.45, 7) is 0. The van der Waals surface area contributed by atoms with Crippen LogP contribution >= 0.6 is 15.9 Å². The summed E-state index contributed by atoms with van der Waals surface area (Å²) in [6, 6.07) is 7.12. The molecule has 0 spiro atoms. The molecule has 138 valence electrons. The van der Waals surface area contributed by atoms with E-state index in [1.807, 2.05) is 0 Å². The molecule has 0 nitrogen and oxygen atoms in total. The van der Waals surface area contributed by atoms with E-state index < -0.39 is 21.8 Å². The normalized spacial score (nSPS) is 10.6. The van der Waals surface area contributed by atoms with Crippen LogP contribution < -0.4 is 51.4 Å². The minimum atomic E-state index is -6.00. The van der Waals surface area contributed by atoms with Gasteiger partial charge in [0.05, 0.1) is 0 Å². The van der Waals surface area contributed by atoms with Crippen molar-refractivity contribution in [2.75, 3.05) is 0 Å². The summed E-state index contributed by atoms with van der Waals surface area (Å²) >= 11 is 3.07. The van der Waals surface area contributed by atoms with Crippen molar-refractivity contribution in [1.29, 1.82) is 0 Å². The topological polar surface area (TPSA) is 0 Å². The molecule has 0 aliphatic carbocycles. The van der Waals surface area contributed by atoms with Crippen molar-refractivity contribution in [2.24, 2.45) is 0 Å². The Labute approximate surface area is 178 Å². The first kappa shape index (κ1) is 32.3. The Morgan fingerprint density at radius 3 is 1.04 bits per heavy atom. The zero-order chi connectivity index (χ0) is 19.5. The third-order valence-corrected chi connectivity index (χ3v) is 1.19. The summed E-state index contributed by atoms with van der Waals surface area (Å²) in [5, 5.41) is 0. The summed E-state index contributed by atoms with van der Waals surface area (Å²) in [5.41, 5.74) is 0. The minimum absolute atomic E-state index is 0. The van der Waals surface area contributed by atoms with Gasteiger partial charge < -0.3 is 51.8 Å². The molecule has 0 aromatic heterocycles. The molecule has 0 amide bonds. The molecular formula is C6H3B3BrF13K-3. The van der Waals surface area contributed by atoms with E-state index in [9.17, 15) is 56.2 Å². The molecule has 1 rings (SSSR count). The van der Waals surface area contributed by atoms with E-state index in [1.165, 1.54) is 6.07 Å². The predicted octanol–water partition coefficient (Wildman–Crippen LogP) is 3.29. The zero-order valence-corrected chi connectivity index (χ0v) is 16.0. The van der Waals surface area contributed by atoms with Gasteiger partial charge in [-0.1, -0.05) is 20.4 Å². The van der Waals surface area contributed by atoms with Crippen molar-refractivity contribution in [3.63, 3.8) is 0 Å². The molecule has 1 aromatic rings. The van der Waals surface area contributed by atoms with Crippen LogP contribution in [0.15, 0.2) is 22.7 Å². The van der Waals surface area contributed by atoms with Gasteiger partial charge in [0.1, 0.15) is 0 Å². The van der Waals surface area contributed by atoms with Crippen molar-refractivity contribution in [1.82, 2.24) is 0 Å². The Morgan fingerprint density at radius 2 is 0.917 bits per heavy atom. The van der Waals surface area contributed by atoms with Crippen LogP contribution in [0.1, 0.15) is 0 Å². The molecule has 0 N–H and O–H groups in total. The van der Waals surface area contributed by atoms with E-state index >= 15 is 0 Å². The average Bonchev–Trinajstić information content (AvgIpc) is 2.07. The van der Waals surface area contributed by atoms with Gasteiger partial charge in [-0.2, -0.15) is 12.1 Å². The summed E-state index contributed by atoms with van der Waals surface area (Å²) in [5.74, 6) is -0.334. The maximum atomic E-state index is 12.1. The molecule has 0 atom stereocenters. The molecule has 18 heteroatoms. The molecule has 0 unspecified atom stereocenters. The second kappa shape index (κ2) is 14.8. The van der Waals surface area contributed by atoms with E-state index in [4.69, 9.17) is 0 Å². The molecule has 0 saturated heterocycles. The smallest absolute Gasteiger partial charge is 0.418 e.